The molecule has 4 nitrogen and oxygen atoms in total. The summed E-state index contributed by atoms with van der Waals surface area (Å²) in [4.78, 5) is 2.41. The van der Waals surface area contributed by atoms with E-state index >= 15 is 0 Å². The van der Waals surface area contributed by atoms with Gasteiger partial charge in [-0.2, -0.15) is 0 Å². The van der Waals surface area contributed by atoms with Gasteiger partial charge in [0.15, 0.2) is 0 Å². The first-order chi connectivity index (χ1) is 9.31. The molecule has 0 aliphatic heterocycles. The molecule has 3 N–H and O–H groups in total. The topological polar surface area (TPSA) is 72.2 Å². The minimum Gasteiger partial charge on any atom is -0.398 e. The number of anilines is 1. The third-order valence-electron chi connectivity index (χ3n) is 3.09. The number of hydrogen-bond donors (Lipinski definition) is 2. The monoisotopic (exact) mass is 310 g/mol. The predicted molar refractivity (Wildman–Crippen MR) is 83.4 cm³/mol. The highest BCUT2D eigenvalue weighted by molar-refractivity contribution is 7.89. The van der Waals surface area contributed by atoms with Crippen LogP contribution in [0.1, 0.15) is 28.3 Å². The number of hydrogen-bond acceptors (Lipinski definition) is 4. The van der Waals surface area contributed by atoms with Gasteiger partial charge in [0.25, 0.3) is 0 Å². The van der Waals surface area contributed by atoms with Crippen molar-refractivity contribution in [2.45, 2.75) is 31.7 Å². The number of nitrogens with two attached hydrogens (primary N) is 1. The Bertz CT molecular complexity index is 721. The number of para-hydroxylation sites is 1. The summed E-state index contributed by atoms with van der Waals surface area (Å²) in [6.45, 7) is 5.84. The van der Waals surface area contributed by atoms with Gasteiger partial charge in [-0.3, -0.25) is 0 Å². The Kier molecular flexibility index (Phi) is 4.17. The summed E-state index contributed by atoms with van der Waals surface area (Å²) < 4.78 is 27.4. The molecule has 20 heavy (non-hydrogen) atoms. The van der Waals surface area contributed by atoms with Crippen LogP contribution in [0.2, 0.25) is 0 Å². The molecule has 0 aliphatic carbocycles. The zero-order chi connectivity index (χ0) is 14.9. The summed E-state index contributed by atoms with van der Waals surface area (Å²) >= 11 is 1.66. The van der Waals surface area contributed by atoms with Crippen molar-refractivity contribution in [1.29, 1.82) is 0 Å². The molecule has 2 aromatic rings. The predicted octanol–water partition coefficient (Wildman–Crippen LogP) is 2.99. The lowest BCUT2D eigenvalue weighted by atomic mass is 10.1. The van der Waals surface area contributed by atoms with Crippen molar-refractivity contribution < 1.29 is 8.42 Å². The second-order valence-corrected chi connectivity index (χ2v) is 7.89. The Morgan fingerprint density at radius 2 is 1.90 bits per heavy atom. The molecule has 0 amide bonds. The summed E-state index contributed by atoms with van der Waals surface area (Å²) in [7, 11) is -3.62. The quantitative estimate of drug-likeness (QED) is 0.853. The zero-order valence-electron chi connectivity index (χ0n) is 11.7. The first-order valence-electron chi connectivity index (χ1n) is 6.25. The molecule has 0 spiro atoms. The lowest BCUT2D eigenvalue weighted by molar-refractivity contribution is 0.567. The molecule has 1 aromatic heterocycles. The lowest BCUT2D eigenvalue weighted by Crippen LogP contribution is -2.27. The van der Waals surface area contributed by atoms with Crippen LogP contribution in [-0.2, 0) is 10.0 Å². The SMILES string of the molecule is Cc1cc(C(C)NS(=O)(=O)c2ccccc2N)c(C)s1. The van der Waals surface area contributed by atoms with Crippen LogP contribution < -0.4 is 10.5 Å². The molecule has 1 atom stereocenters. The molecule has 108 valence electrons. The van der Waals surface area contributed by atoms with Crippen LogP contribution in [0.4, 0.5) is 5.69 Å². The molecule has 6 heteroatoms. The van der Waals surface area contributed by atoms with Gasteiger partial charge in [0, 0.05) is 15.8 Å². The van der Waals surface area contributed by atoms with E-state index in [9.17, 15) is 8.42 Å². The number of sulfonamides is 1. The minimum absolute atomic E-state index is 0.122. The third-order valence-corrected chi connectivity index (χ3v) is 5.68. The van der Waals surface area contributed by atoms with Crippen LogP contribution >= 0.6 is 11.3 Å². The minimum atomic E-state index is -3.62. The van der Waals surface area contributed by atoms with Crippen LogP contribution in [0.15, 0.2) is 35.2 Å². The first-order valence-corrected chi connectivity index (χ1v) is 8.55. The number of nitrogen functional groups attached to an aromatic ring is 1. The standard InChI is InChI=1S/C14H18N2O2S2/c1-9-8-12(11(3)19-9)10(2)16-20(17,18)14-7-5-4-6-13(14)15/h4-8,10,16H,15H2,1-3H3. The maximum Gasteiger partial charge on any atom is 0.243 e. The molecule has 0 saturated heterocycles. The lowest BCUT2D eigenvalue weighted by Gasteiger charge is -2.15. The van der Waals surface area contributed by atoms with E-state index in [4.69, 9.17) is 5.73 Å². The van der Waals surface area contributed by atoms with Gasteiger partial charge in [0.1, 0.15) is 4.90 Å². The summed E-state index contributed by atoms with van der Waals surface area (Å²) in [6, 6.07) is 8.20. The van der Waals surface area contributed by atoms with Crippen molar-refractivity contribution in [2.75, 3.05) is 5.73 Å². The highest BCUT2D eigenvalue weighted by Crippen LogP contribution is 2.28. The fourth-order valence-electron chi connectivity index (χ4n) is 2.17. The van der Waals surface area contributed by atoms with E-state index in [-0.39, 0.29) is 16.6 Å². The number of benzene rings is 1. The second kappa shape index (κ2) is 5.55. The molecule has 0 radical (unpaired) electrons. The van der Waals surface area contributed by atoms with Gasteiger partial charge in [-0.05, 0) is 44.5 Å². The van der Waals surface area contributed by atoms with Gasteiger partial charge < -0.3 is 5.73 Å². The van der Waals surface area contributed by atoms with E-state index in [1.807, 2.05) is 26.8 Å². The highest BCUT2D eigenvalue weighted by atomic mass is 32.2. The normalized spacial score (nSPS) is 13.3. The number of thiophene rings is 1. The van der Waals surface area contributed by atoms with Crippen molar-refractivity contribution in [3.05, 3.63) is 45.6 Å². The highest BCUT2D eigenvalue weighted by Gasteiger charge is 2.21. The van der Waals surface area contributed by atoms with E-state index in [0.29, 0.717) is 0 Å². The van der Waals surface area contributed by atoms with E-state index < -0.39 is 10.0 Å². The van der Waals surface area contributed by atoms with Gasteiger partial charge >= 0.3 is 0 Å². The number of nitrogens with one attached hydrogen (secondary N) is 1. The van der Waals surface area contributed by atoms with Crippen molar-refractivity contribution >= 4 is 27.0 Å². The molecular formula is C14H18N2O2S2. The smallest absolute Gasteiger partial charge is 0.243 e. The average Bonchev–Trinajstić information content (AvgIpc) is 2.68. The first kappa shape index (κ1) is 15.0. The molecule has 0 bridgehead atoms. The van der Waals surface area contributed by atoms with Gasteiger partial charge in [-0.15, -0.1) is 11.3 Å². The van der Waals surface area contributed by atoms with E-state index in [1.54, 1.807) is 29.5 Å². The average molecular weight is 310 g/mol. The van der Waals surface area contributed by atoms with Gasteiger partial charge in [-0.25, -0.2) is 13.1 Å². The van der Waals surface area contributed by atoms with Crippen molar-refractivity contribution in [2.24, 2.45) is 0 Å². The van der Waals surface area contributed by atoms with Crippen LogP contribution in [0.25, 0.3) is 0 Å². The van der Waals surface area contributed by atoms with Crippen molar-refractivity contribution in [1.82, 2.24) is 4.72 Å². The summed E-state index contributed by atoms with van der Waals surface area (Å²) in [5.41, 5.74) is 7.00. The van der Waals surface area contributed by atoms with Crippen molar-refractivity contribution in [3.63, 3.8) is 0 Å². The van der Waals surface area contributed by atoms with Crippen LogP contribution in [-0.4, -0.2) is 8.42 Å². The Labute approximate surface area is 123 Å². The summed E-state index contributed by atoms with van der Waals surface area (Å²) in [5.74, 6) is 0. The van der Waals surface area contributed by atoms with Gasteiger partial charge in [0.05, 0.1) is 5.69 Å². The Balaban J connectivity index is 2.29. The molecule has 0 aliphatic rings. The van der Waals surface area contributed by atoms with Crippen LogP contribution in [0.3, 0.4) is 0 Å². The Morgan fingerprint density at radius 1 is 1.25 bits per heavy atom. The molecule has 1 heterocycles. The Morgan fingerprint density at radius 3 is 2.45 bits per heavy atom. The van der Waals surface area contributed by atoms with E-state index in [2.05, 4.69) is 4.72 Å². The van der Waals surface area contributed by atoms with Gasteiger partial charge in [0.2, 0.25) is 10.0 Å². The fraction of sp³-hybridized carbons (Fsp3) is 0.286. The molecule has 1 unspecified atom stereocenters. The summed E-state index contributed by atoms with van der Waals surface area (Å²) in [6.07, 6.45) is 0. The van der Waals surface area contributed by atoms with Crippen LogP contribution in [0, 0.1) is 13.8 Å². The number of aryl methyl sites for hydroxylation is 2. The van der Waals surface area contributed by atoms with E-state index in [1.165, 1.54) is 10.9 Å². The molecule has 1 aromatic carbocycles. The van der Waals surface area contributed by atoms with E-state index in [0.717, 1.165) is 10.4 Å². The number of rotatable bonds is 4. The fourth-order valence-corrected chi connectivity index (χ4v) is 4.54. The molecule has 0 saturated carbocycles. The maximum atomic E-state index is 12.4. The maximum absolute atomic E-state index is 12.4. The largest absolute Gasteiger partial charge is 0.398 e. The zero-order valence-corrected chi connectivity index (χ0v) is 13.3. The van der Waals surface area contributed by atoms with Gasteiger partial charge in [-0.1, -0.05) is 12.1 Å². The second-order valence-electron chi connectivity index (χ2n) is 4.75. The van der Waals surface area contributed by atoms with Crippen molar-refractivity contribution in [3.8, 4) is 0 Å². The molecule has 0 fully saturated rings. The summed E-state index contributed by atoms with van der Waals surface area (Å²) in [5, 5.41) is 0. The Hall–Kier alpha value is -1.37. The molecular weight excluding hydrogens is 292 g/mol. The third kappa shape index (κ3) is 3.03. The molecule has 2 rings (SSSR count). The van der Waals surface area contributed by atoms with Crippen LogP contribution in [0.5, 0.6) is 0 Å².